The lowest BCUT2D eigenvalue weighted by molar-refractivity contribution is -0.138. The van der Waals surface area contributed by atoms with Gasteiger partial charge >= 0.3 is 5.97 Å². The molecule has 1 aromatic heterocycles. The van der Waals surface area contributed by atoms with Gasteiger partial charge in [0.05, 0.1) is 11.6 Å². The molecule has 1 atom stereocenters. The van der Waals surface area contributed by atoms with E-state index in [0.29, 0.717) is 11.3 Å². The van der Waals surface area contributed by atoms with Gasteiger partial charge in [-0.15, -0.1) is 0 Å². The van der Waals surface area contributed by atoms with Crippen molar-refractivity contribution in [3.63, 3.8) is 0 Å². The Bertz CT molecular complexity index is 674. The van der Waals surface area contributed by atoms with Crippen molar-refractivity contribution in [1.29, 1.82) is 0 Å². The number of hydrogen-bond donors (Lipinski definition) is 2. The van der Waals surface area contributed by atoms with Crippen LogP contribution in [0.2, 0.25) is 0 Å². The van der Waals surface area contributed by atoms with E-state index in [9.17, 15) is 9.59 Å². The van der Waals surface area contributed by atoms with E-state index in [-0.39, 0.29) is 11.7 Å². The number of rotatable bonds is 5. The molecular weight excluding hydrogens is 284 g/mol. The number of nitrogens with zero attached hydrogens (tertiary/aromatic N) is 1. The van der Waals surface area contributed by atoms with E-state index in [1.165, 1.54) is 0 Å². The lowest BCUT2D eigenvalue weighted by atomic mass is 10.0. The molecule has 0 radical (unpaired) electrons. The van der Waals surface area contributed by atoms with Gasteiger partial charge < -0.3 is 14.9 Å². The molecule has 2 N–H and O–H groups in total. The Morgan fingerprint density at radius 2 is 1.82 bits per heavy atom. The van der Waals surface area contributed by atoms with E-state index < -0.39 is 17.8 Å². The number of aromatic nitrogens is 1. The molecule has 2 rings (SSSR count). The van der Waals surface area contributed by atoms with E-state index in [1.54, 1.807) is 37.3 Å². The summed E-state index contributed by atoms with van der Waals surface area (Å²) < 4.78 is 5.01. The molecule has 0 aliphatic heterocycles. The van der Waals surface area contributed by atoms with Crippen LogP contribution < -0.4 is 5.32 Å². The summed E-state index contributed by atoms with van der Waals surface area (Å²) in [5.41, 5.74) is 1.96. The topological polar surface area (TPSA) is 92.4 Å². The Labute approximate surface area is 128 Å². The first-order valence-corrected chi connectivity index (χ1v) is 6.99. The molecule has 1 heterocycles. The zero-order valence-corrected chi connectivity index (χ0v) is 12.7. The minimum absolute atomic E-state index is 0.145. The summed E-state index contributed by atoms with van der Waals surface area (Å²) >= 11 is 0. The molecule has 116 valence electrons. The highest BCUT2D eigenvalue weighted by Crippen LogP contribution is 2.19. The van der Waals surface area contributed by atoms with Crippen LogP contribution in [0.15, 0.2) is 34.9 Å². The minimum atomic E-state index is -0.889. The number of carbonyl (C=O) groups is 2. The number of carboxylic acids is 1. The van der Waals surface area contributed by atoms with Crippen molar-refractivity contribution in [3.8, 4) is 0 Å². The Morgan fingerprint density at radius 3 is 2.32 bits per heavy atom. The number of aliphatic carboxylic acids is 1. The van der Waals surface area contributed by atoms with Crippen LogP contribution in [-0.2, 0) is 4.79 Å². The Morgan fingerprint density at radius 1 is 1.18 bits per heavy atom. The van der Waals surface area contributed by atoms with Crippen molar-refractivity contribution < 1.29 is 19.2 Å². The smallest absolute Gasteiger partial charge is 0.310 e. The standard InChI is InChI=1S/C16H18N2O4/c1-9(2)13-8-14(22-18-13)15(19)17-12-6-4-11(5-7-12)10(3)16(20)21/h4-10H,1-3H3,(H,17,19)(H,20,21). The molecule has 1 aromatic carbocycles. The maximum Gasteiger partial charge on any atom is 0.310 e. The fourth-order valence-corrected chi connectivity index (χ4v) is 1.86. The number of carboxylic acid groups (broad SMARTS) is 1. The predicted molar refractivity (Wildman–Crippen MR) is 81.0 cm³/mol. The van der Waals surface area contributed by atoms with Crippen molar-refractivity contribution in [3.05, 3.63) is 47.3 Å². The zero-order valence-electron chi connectivity index (χ0n) is 12.7. The second-order valence-corrected chi connectivity index (χ2v) is 5.41. The second kappa shape index (κ2) is 6.43. The highest BCUT2D eigenvalue weighted by molar-refractivity contribution is 6.02. The van der Waals surface area contributed by atoms with Crippen molar-refractivity contribution in [2.24, 2.45) is 0 Å². The molecule has 0 bridgehead atoms. The van der Waals surface area contributed by atoms with Crippen LogP contribution in [0.4, 0.5) is 5.69 Å². The lowest BCUT2D eigenvalue weighted by Gasteiger charge is -2.08. The molecule has 6 nitrogen and oxygen atoms in total. The average molecular weight is 302 g/mol. The fourth-order valence-electron chi connectivity index (χ4n) is 1.86. The molecule has 0 spiro atoms. The van der Waals surface area contributed by atoms with Crippen LogP contribution in [0.1, 0.15) is 54.4 Å². The van der Waals surface area contributed by atoms with Gasteiger partial charge in [0.15, 0.2) is 0 Å². The number of benzene rings is 1. The molecule has 0 saturated heterocycles. The van der Waals surface area contributed by atoms with E-state index in [1.807, 2.05) is 13.8 Å². The molecule has 1 unspecified atom stereocenters. The summed E-state index contributed by atoms with van der Waals surface area (Å²) in [6.07, 6.45) is 0. The van der Waals surface area contributed by atoms with Crippen molar-refractivity contribution in [2.75, 3.05) is 5.32 Å². The average Bonchev–Trinajstić information content (AvgIpc) is 2.97. The van der Waals surface area contributed by atoms with Gasteiger partial charge in [0.25, 0.3) is 5.91 Å². The summed E-state index contributed by atoms with van der Waals surface area (Å²) in [6.45, 7) is 5.53. The molecular formula is C16H18N2O4. The van der Waals surface area contributed by atoms with Crippen LogP contribution >= 0.6 is 0 Å². The van der Waals surface area contributed by atoms with Gasteiger partial charge in [0.1, 0.15) is 0 Å². The molecule has 1 amide bonds. The monoisotopic (exact) mass is 302 g/mol. The van der Waals surface area contributed by atoms with E-state index >= 15 is 0 Å². The van der Waals surface area contributed by atoms with Gasteiger partial charge in [-0.3, -0.25) is 9.59 Å². The molecule has 22 heavy (non-hydrogen) atoms. The third-order valence-corrected chi connectivity index (χ3v) is 3.38. The molecule has 0 saturated carbocycles. The van der Waals surface area contributed by atoms with Gasteiger partial charge in [-0.05, 0) is 30.5 Å². The highest BCUT2D eigenvalue weighted by Gasteiger charge is 2.16. The number of nitrogens with one attached hydrogen (secondary N) is 1. The van der Waals surface area contributed by atoms with E-state index in [4.69, 9.17) is 9.63 Å². The summed E-state index contributed by atoms with van der Waals surface area (Å²) in [5, 5.41) is 15.5. The zero-order chi connectivity index (χ0) is 16.3. The van der Waals surface area contributed by atoms with Crippen LogP contribution in [0.5, 0.6) is 0 Å². The summed E-state index contributed by atoms with van der Waals surface area (Å²) in [5.74, 6) is -1.54. The highest BCUT2D eigenvalue weighted by atomic mass is 16.5. The van der Waals surface area contributed by atoms with Crippen LogP contribution in [0.3, 0.4) is 0 Å². The van der Waals surface area contributed by atoms with Gasteiger partial charge in [-0.1, -0.05) is 31.1 Å². The Kier molecular flexibility index (Phi) is 4.60. The normalized spacial score (nSPS) is 12.2. The first-order valence-electron chi connectivity index (χ1n) is 6.99. The number of amides is 1. The molecule has 0 fully saturated rings. The maximum atomic E-state index is 12.0. The van der Waals surface area contributed by atoms with Crippen LogP contribution in [-0.4, -0.2) is 22.1 Å². The van der Waals surface area contributed by atoms with Gasteiger partial charge in [0.2, 0.25) is 5.76 Å². The third-order valence-electron chi connectivity index (χ3n) is 3.38. The second-order valence-electron chi connectivity index (χ2n) is 5.41. The third kappa shape index (κ3) is 3.52. The lowest BCUT2D eigenvalue weighted by Crippen LogP contribution is -2.11. The van der Waals surface area contributed by atoms with Gasteiger partial charge in [0, 0.05) is 11.8 Å². The number of carbonyl (C=O) groups excluding carboxylic acids is 1. The SMILES string of the molecule is CC(C)c1cc(C(=O)Nc2ccc(C(C)C(=O)O)cc2)on1. The molecule has 6 heteroatoms. The fraction of sp³-hybridized carbons (Fsp3) is 0.312. The largest absolute Gasteiger partial charge is 0.481 e. The summed E-state index contributed by atoms with van der Waals surface area (Å²) in [6, 6.07) is 8.28. The quantitative estimate of drug-likeness (QED) is 0.884. The van der Waals surface area contributed by atoms with Crippen molar-refractivity contribution in [2.45, 2.75) is 32.6 Å². The van der Waals surface area contributed by atoms with Gasteiger partial charge in [-0.25, -0.2) is 0 Å². The van der Waals surface area contributed by atoms with E-state index in [2.05, 4.69) is 10.5 Å². The van der Waals surface area contributed by atoms with Gasteiger partial charge in [-0.2, -0.15) is 0 Å². The molecule has 2 aromatic rings. The Hall–Kier alpha value is -2.63. The van der Waals surface area contributed by atoms with Crippen molar-refractivity contribution >= 4 is 17.6 Å². The molecule has 0 aliphatic rings. The maximum absolute atomic E-state index is 12.0. The van der Waals surface area contributed by atoms with Crippen LogP contribution in [0, 0.1) is 0 Å². The van der Waals surface area contributed by atoms with Crippen molar-refractivity contribution in [1.82, 2.24) is 5.16 Å². The van der Waals surface area contributed by atoms with Crippen LogP contribution in [0.25, 0.3) is 0 Å². The summed E-state index contributed by atoms with van der Waals surface area (Å²) in [4.78, 5) is 23.0. The summed E-state index contributed by atoms with van der Waals surface area (Å²) in [7, 11) is 0. The number of anilines is 1. The minimum Gasteiger partial charge on any atom is -0.481 e. The first kappa shape index (κ1) is 15.8. The molecule has 0 aliphatic carbocycles. The predicted octanol–water partition coefficient (Wildman–Crippen LogP) is 3.24. The van der Waals surface area contributed by atoms with E-state index in [0.717, 1.165) is 5.69 Å². The Balaban J connectivity index is 2.06. The first-order chi connectivity index (χ1) is 10.4. The number of hydrogen-bond acceptors (Lipinski definition) is 4.